The van der Waals surface area contributed by atoms with Gasteiger partial charge in [0.2, 0.25) is 0 Å². The summed E-state index contributed by atoms with van der Waals surface area (Å²) in [5.41, 5.74) is 1.47. The number of benzene rings is 3. The number of thiazole rings is 1. The van der Waals surface area contributed by atoms with Crippen LogP contribution in [0.15, 0.2) is 77.7 Å². The van der Waals surface area contributed by atoms with Crippen molar-refractivity contribution in [2.24, 2.45) is 0 Å². The van der Waals surface area contributed by atoms with Crippen molar-refractivity contribution in [2.75, 3.05) is 10.0 Å². The van der Waals surface area contributed by atoms with Crippen LogP contribution in [0.3, 0.4) is 0 Å². The number of sulfonamides is 1. The molecule has 3 aromatic carbocycles. The van der Waals surface area contributed by atoms with Crippen LogP contribution in [0.25, 0.3) is 10.2 Å². The molecular formula is C20H14ClN3O3S2. The summed E-state index contributed by atoms with van der Waals surface area (Å²) in [6.07, 6.45) is 0. The van der Waals surface area contributed by atoms with Crippen LogP contribution < -0.4 is 10.0 Å². The number of carbonyl (C=O) groups excluding carboxylic acids is 1. The van der Waals surface area contributed by atoms with Gasteiger partial charge in [-0.15, -0.1) is 0 Å². The number of fused-ring (bicyclic) bond motifs is 1. The Kier molecular flexibility index (Phi) is 5.23. The molecule has 0 aliphatic rings. The number of nitrogens with one attached hydrogen (secondary N) is 2. The zero-order valence-corrected chi connectivity index (χ0v) is 17.2. The Morgan fingerprint density at radius 3 is 2.52 bits per heavy atom. The molecule has 4 rings (SSSR count). The number of rotatable bonds is 5. The maximum absolute atomic E-state index is 12.6. The summed E-state index contributed by atoms with van der Waals surface area (Å²) in [5, 5.41) is 3.53. The molecule has 1 aromatic heterocycles. The second-order valence-electron chi connectivity index (χ2n) is 6.08. The lowest BCUT2D eigenvalue weighted by atomic mass is 10.2. The zero-order valence-electron chi connectivity index (χ0n) is 14.8. The fourth-order valence-corrected chi connectivity index (χ4v) is 4.84. The third-order valence-electron chi connectivity index (χ3n) is 4.00. The van der Waals surface area contributed by atoms with Crippen LogP contribution in [0.1, 0.15) is 10.4 Å². The predicted molar refractivity (Wildman–Crippen MR) is 116 cm³/mol. The number of carbonyl (C=O) groups is 1. The smallest absolute Gasteiger partial charge is 0.261 e. The predicted octanol–water partition coefficient (Wildman–Crippen LogP) is 5.00. The van der Waals surface area contributed by atoms with Gasteiger partial charge in [0.15, 0.2) is 5.13 Å². The zero-order chi connectivity index (χ0) is 20.4. The van der Waals surface area contributed by atoms with Crippen LogP contribution >= 0.6 is 22.9 Å². The van der Waals surface area contributed by atoms with Crippen LogP contribution in [-0.4, -0.2) is 19.3 Å². The Labute approximate surface area is 176 Å². The standard InChI is InChI=1S/C20H14ClN3O3S2/c21-14-7-4-8-16(11-14)29(26,27)24-15-9-10-18-17(12-15)22-20(28-18)23-19(25)13-5-2-1-3-6-13/h1-12,24H,(H,22,23,25). The summed E-state index contributed by atoms with van der Waals surface area (Å²) in [4.78, 5) is 16.7. The van der Waals surface area contributed by atoms with E-state index in [1.807, 2.05) is 6.07 Å². The Hall–Kier alpha value is -2.94. The first-order chi connectivity index (χ1) is 13.9. The number of hydrogen-bond donors (Lipinski definition) is 2. The topological polar surface area (TPSA) is 88.2 Å². The maximum atomic E-state index is 12.6. The fourth-order valence-electron chi connectivity index (χ4n) is 2.65. The first kappa shape index (κ1) is 19.4. The number of anilines is 2. The summed E-state index contributed by atoms with van der Waals surface area (Å²) in [7, 11) is -3.78. The molecule has 6 nitrogen and oxygen atoms in total. The van der Waals surface area contributed by atoms with Gasteiger partial charge in [0.1, 0.15) is 0 Å². The minimum atomic E-state index is -3.78. The van der Waals surface area contributed by atoms with E-state index in [1.165, 1.54) is 23.5 Å². The molecule has 0 atom stereocenters. The van der Waals surface area contributed by atoms with Crippen molar-refractivity contribution in [3.8, 4) is 0 Å². The third kappa shape index (κ3) is 4.40. The molecule has 1 heterocycles. The Balaban J connectivity index is 1.56. The van der Waals surface area contributed by atoms with Crippen molar-refractivity contribution in [1.29, 1.82) is 0 Å². The molecule has 0 saturated heterocycles. The quantitative estimate of drug-likeness (QED) is 0.454. The Morgan fingerprint density at radius 2 is 1.76 bits per heavy atom. The molecule has 0 aliphatic heterocycles. The van der Waals surface area contributed by atoms with Gasteiger partial charge in [-0.05, 0) is 48.5 Å². The van der Waals surface area contributed by atoms with Crippen LogP contribution in [0.4, 0.5) is 10.8 Å². The molecule has 0 aliphatic carbocycles. The van der Waals surface area contributed by atoms with Gasteiger partial charge in [-0.25, -0.2) is 13.4 Å². The van der Waals surface area contributed by atoms with Gasteiger partial charge in [-0.2, -0.15) is 0 Å². The molecule has 0 spiro atoms. The van der Waals surface area contributed by atoms with E-state index in [9.17, 15) is 13.2 Å². The largest absolute Gasteiger partial charge is 0.298 e. The monoisotopic (exact) mass is 443 g/mol. The third-order valence-corrected chi connectivity index (χ3v) is 6.57. The van der Waals surface area contributed by atoms with Crippen molar-refractivity contribution >= 4 is 59.9 Å². The van der Waals surface area contributed by atoms with E-state index in [0.29, 0.717) is 26.9 Å². The normalized spacial score (nSPS) is 11.3. The Morgan fingerprint density at radius 1 is 0.966 bits per heavy atom. The summed E-state index contributed by atoms with van der Waals surface area (Å²) in [5.74, 6) is -0.258. The molecule has 4 aromatic rings. The van der Waals surface area contributed by atoms with Crippen molar-refractivity contribution < 1.29 is 13.2 Å². The van der Waals surface area contributed by atoms with Gasteiger partial charge in [0, 0.05) is 10.6 Å². The van der Waals surface area contributed by atoms with E-state index >= 15 is 0 Å². The summed E-state index contributed by atoms with van der Waals surface area (Å²) < 4.78 is 28.4. The van der Waals surface area contributed by atoms with E-state index in [0.717, 1.165) is 4.70 Å². The SMILES string of the molecule is O=C(Nc1nc2cc(NS(=O)(=O)c3cccc(Cl)c3)ccc2s1)c1ccccc1. The highest BCUT2D eigenvalue weighted by Gasteiger charge is 2.16. The van der Waals surface area contributed by atoms with E-state index in [4.69, 9.17) is 11.6 Å². The van der Waals surface area contributed by atoms with Crippen molar-refractivity contribution in [3.63, 3.8) is 0 Å². The van der Waals surface area contributed by atoms with Crippen LogP contribution in [0.5, 0.6) is 0 Å². The van der Waals surface area contributed by atoms with Crippen molar-refractivity contribution in [2.45, 2.75) is 4.90 Å². The average molecular weight is 444 g/mol. The number of amides is 1. The van der Waals surface area contributed by atoms with E-state index in [2.05, 4.69) is 15.0 Å². The molecule has 2 N–H and O–H groups in total. The number of nitrogens with zero attached hydrogens (tertiary/aromatic N) is 1. The van der Waals surface area contributed by atoms with Crippen LogP contribution in [-0.2, 0) is 10.0 Å². The van der Waals surface area contributed by atoms with Gasteiger partial charge >= 0.3 is 0 Å². The van der Waals surface area contributed by atoms with Crippen molar-refractivity contribution in [3.05, 3.63) is 83.4 Å². The lowest BCUT2D eigenvalue weighted by molar-refractivity contribution is 0.102. The van der Waals surface area contributed by atoms with E-state index < -0.39 is 10.0 Å². The lowest BCUT2D eigenvalue weighted by Gasteiger charge is -2.08. The first-order valence-electron chi connectivity index (χ1n) is 8.46. The second kappa shape index (κ2) is 7.82. The van der Waals surface area contributed by atoms with Gasteiger partial charge in [0.25, 0.3) is 15.9 Å². The molecule has 0 fully saturated rings. The molecule has 0 saturated carbocycles. The molecule has 0 radical (unpaired) electrons. The average Bonchev–Trinajstić information content (AvgIpc) is 3.10. The minimum Gasteiger partial charge on any atom is -0.298 e. The van der Waals surface area contributed by atoms with E-state index in [1.54, 1.807) is 54.6 Å². The fraction of sp³-hybridized carbons (Fsp3) is 0. The van der Waals surface area contributed by atoms with Crippen LogP contribution in [0.2, 0.25) is 5.02 Å². The maximum Gasteiger partial charge on any atom is 0.261 e. The summed E-state index contributed by atoms with van der Waals surface area (Å²) >= 11 is 7.19. The molecule has 1 amide bonds. The molecule has 0 unspecified atom stereocenters. The Bertz CT molecular complexity index is 1310. The molecule has 29 heavy (non-hydrogen) atoms. The highest BCUT2D eigenvalue weighted by Crippen LogP contribution is 2.29. The number of hydrogen-bond acceptors (Lipinski definition) is 5. The van der Waals surface area contributed by atoms with Gasteiger partial charge in [0.05, 0.1) is 20.8 Å². The molecule has 146 valence electrons. The number of halogens is 1. The van der Waals surface area contributed by atoms with Gasteiger partial charge in [-0.1, -0.05) is 47.2 Å². The highest BCUT2D eigenvalue weighted by molar-refractivity contribution is 7.92. The van der Waals surface area contributed by atoms with Gasteiger partial charge in [-0.3, -0.25) is 14.8 Å². The minimum absolute atomic E-state index is 0.0687. The molecular weight excluding hydrogens is 430 g/mol. The highest BCUT2D eigenvalue weighted by atomic mass is 35.5. The second-order valence-corrected chi connectivity index (χ2v) is 9.23. The molecule has 0 bridgehead atoms. The van der Waals surface area contributed by atoms with Crippen molar-refractivity contribution in [1.82, 2.24) is 4.98 Å². The van der Waals surface area contributed by atoms with Crippen LogP contribution in [0, 0.1) is 0 Å². The molecule has 9 heteroatoms. The summed E-state index contributed by atoms with van der Waals surface area (Å²) in [6.45, 7) is 0. The first-order valence-corrected chi connectivity index (χ1v) is 11.1. The summed E-state index contributed by atoms with van der Waals surface area (Å²) in [6, 6.07) is 19.9. The number of aromatic nitrogens is 1. The van der Waals surface area contributed by atoms with Gasteiger partial charge < -0.3 is 0 Å². The lowest BCUT2D eigenvalue weighted by Crippen LogP contribution is -2.12. The van der Waals surface area contributed by atoms with E-state index in [-0.39, 0.29) is 10.8 Å².